The highest BCUT2D eigenvalue weighted by atomic mass is 16.3. The second-order valence-corrected chi connectivity index (χ2v) is 4.67. The number of hydrogen-bond acceptors (Lipinski definition) is 4. The van der Waals surface area contributed by atoms with Crippen molar-refractivity contribution >= 4 is 17.3 Å². The smallest absolute Gasteiger partial charge is 0.253 e. The van der Waals surface area contributed by atoms with Crippen molar-refractivity contribution in [1.29, 1.82) is 0 Å². The molecular weight excluding hydrogens is 230 g/mol. The molecule has 0 heterocycles. The van der Waals surface area contributed by atoms with Crippen LogP contribution < -0.4 is 16.4 Å². The number of nitrogen functional groups attached to an aromatic ring is 1. The van der Waals surface area contributed by atoms with Gasteiger partial charge in [-0.15, -0.1) is 0 Å². The third-order valence-corrected chi connectivity index (χ3v) is 3.18. The molecule has 1 aromatic rings. The summed E-state index contributed by atoms with van der Waals surface area (Å²) in [5.41, 5.74) is 7.50. The Balaban J connectivity index is 2.08. The third-order valence-electron chi connectivity index (χ3n) is 3.18. The van der Waals surface area contributed by atoms with Gasteiger partial charge in [-0.3, -0.25) is 4.79 Å². The van der Waals surface area contributed by atoms with Gasteiger partial charge in [0.2, 0.25) is 0 Å². The van der Waals surface area contributed by atoms with Crippen LogP contribution in [0.4, 0.5) is 11.4 Å². The summed E-state index contributed by atoms with van der Waals surface area (Å²) in [6, 6.07) is 5.08. The molecule has 0 bridgehead atoms. The molecule has 1 atom stereocenters. The fraction of sp³-hybridized carbons (Fsp3) is 0.462. The number of aliphatic hydroxyl groups excluding tert-OH is 1. The molecule has 0 aromatic heterocycles. The summed E-state index contributed by atoms with van der Waals surface area (Å²) in [6.45, 7) is 0.443. The van der Waals surface area contributed by atoms with Crippen LogP contribution in [-0.4, -0.2) is 30.7 Å². The molecule has 18 heavy (non-hydrogen) atoms. The van der Waals surface area contributed by atoms with E-state index in [1.54, 1.807) is 25.2 Å². The van der Waals surface area contributed by atoms with Crippen molar-refractivity contribution in [2.75, 3.05) is 24.6 Å². The predicted octanol–water partition coefficient (Wildman–Crippen LogP) is 0.811. The maximum absolute atomic E-state index is 11.7. The van der Waals surface area contributed by atoms with Gasteiger partial charge in [0.05, 0.1) is 11.7 Å². The molecule has 1 saturated carbocycles. The Morgan fingerprint density at radius 2 is 2.28 bits per heavy atom. The molecule has 0 radical (unpaired) electrons. The summed E-state index contributed by atoms with van der Waals surface area (Å²) in [4.78, 5) is 11.7. The molecule has 5 N–H and O–H groups in total. The molecule has 1 aromatic carbocycles. The molecule has 0 spiro atoms. The first-order chi connectivity index (χ1) is 8.61. The van der Waals surface area contributed by atoms with Crippen LogP contribution in [-0.2, 0) is 0 Å². The van der Waals surface area contributed by atoms with Gasteiger partial charge in [-0.05, 0) is 37.0 Å². The van der Waals surface area contributed by atoms with Gasteiger partial charge in [-0.25, -0.2) is 0 Å². The maximum atomic E-state index is 11.7. The Morgan fingerprint density at radius 1 is 1.56 bits per heavy atom. The predicted molar refractivity (Wildman–Crippen MR) is 71.5 cm³/mol. The number of nitrogens with one attached hydrogen (secondary N) is 2. The highest BCUT2D eigenvalue weighted by Crippen LogP contribution is 2.32. The van der Waals surface area contributed by atoms with Crippen LogP contribution in [0.25, 0.3) is 0 Å². The number of benzene rings is 1. The van der Waals surface area contributed by atoms with E-state index >= 15 is 0 Å². The van der Waals surface area contributed by atoms with Crippen molar-refractivity contribution in [1.82, 2.24) is 5.32 Å². The molecule has 1 fully saturated rings. The average molecular weight is 249 g/mol. The van der Waals surface area contributed by atoms with E-state index in [-0.39, 0.29) is 12.0 Å². The fourth-order valence-corrected chi connectivity index (χ4v) is 1.90. The Labute approximate surface area is 106 Å². The van der Waals surface area contributed by atoms with E-state index in [0.29, 0.717) is 29.4 Å². The van der Waals surface area contributed by atoms with Crippen molar-refractivity contribution in [3.05, 3.63) is 23.8 Å². The van der Waals surface area contributed by atoms with E-state index < -0.39 is 0 Å². The fourth-order valence-electron chi connectivity index (χ4n) is 1.90. The summed E-state index contributed by atoms with van der Waals surface area (Å²) >= 11 is 0. The summed E-state index contributed by atoms with van der Waals surface area (Å²) < 4.78 is 0. The number of amides is 1. The maximum Gasteiger partial charge on any atom is 0.253 e. The largest absolute Gasteiger partial charge is 0.399 e. The van der Waals surface area contributed by atoms with Gasteiger partial charge < -0.3 is 21.5 Å². The van der Waals surface area contributed by atoms with Gasteiger partial charge in [0.1, 0.15) is 0 Å². The lowest BCUT2D eigenvalue weighted by atomic mass is 10.1. The number of nitrogens with two attached hydrogens (primary N) is 1. The number of anilines is 2. The molecule has 1 aliphatic rings. The summed E-state index contributed by atoms with van der Waals surface area (Å²) in [7, 11) is 1.58. The van der Waals surface area contributed by atoms with Gasteiger partial charge in [0.25, 0.3) is 5.91 Å². The first-order valence-corrected chi connectivity index (χ1v) is 6.15. The lowest BCUT2D eigenvalue weighted by Gasteiger charge is -2.15. The third kappa shape index (κ3) is 2.92. The standard InChI is InChI=1S/C13H19N3O2/c1-15-13(18)10-5-4-9(14)6-11(10)16-7-12(17)8-2-3-8/h4-6,8,12,16-17H,2-3,7,14H2,1H3,(H,15,18). The van der Waals surface area contributed by atoms with Crippen molar-refractivity contribution in [3.8, 4) is 0 Å². The van der Waals surface area contributed by atoms with E-state index in [1.165, 1.54) is 0 Å². The molecule has 1 unspecified atom stereocenters. The van der Waals surface area contributed by atoms with Crippen molar-refractivity contribution in [2.24, 2.45) is 5.92 Å². The minimum absolute atomic E-state index is 0.168. The van der Waals surface area contributed by atoms with Crippen LogP contribution >= 0.6 is 0 Å². The Morgan fingerprint density at radius 3 is 2.89 bits per heavy atom. The molecule has 2 rings (SSSR count). The van der Waals surface area contributed by atoms with Crippen LogP contribution in [0.3, 0.4) is 0 Å². The summed E-state index contributed by atoms with van der Waals surface area (Å²) in [6.07, 6.45) is 1.81. The Hall–Kier alpha value is -1.75. The van der Waals surface area contributed by atoms with E-state index in [4.69, 9.17) is 5.73 Å². The number of carbonyl (C=O) groups excluding carboxylic acids is 1. The highest BCUT2D eigenvalue weighted by molar-refractivity contribution is 6.00. The molecule has 98 valence electrons. The van der Waals surface area contributed by atoms with Gasteiger partial charge in [0, 0.05) is 25.0 Å². The van der Waals surface area contributed by atoms with Crippen LogP contribution in [0.15, 0.2) is 18.2 Å². The van der Waals surface area contributed by atoms with Gasteiger partial charge in [0.15, 0.2) is 0 Å². The molecule has 0 aliphatic heterocycles. The molecule has 1 aliphatic carbocycles. The normalized spacial score (nSPS) is 16.1. The molecule has 5 nitrogen and oxygen atoms in total. The van der Waals surface area contributed by atoms with Crippen LogP contribution in [0, 0.1) is 5.92 Å². The highest BCUT2D eigenvalue weighted by Gasteiger charge is 2.29. The SMILES string of the molecule is CNC(=O)c1ccc(N)cc1NCC(O)C1CC1. The minimum atomic E-state index is -0.357. The topological polar surface area (TPSA) is 87.4 Å². The summed E-state index contributed by atoms with van der Waals surface area (Å²) in [5.74, 6) is 0.237. The van der Waals surface area contributed by atoms with Gasteiger partial charge in [-0.2, -0.15) is 0 Å². The number of aliphatic hydroxyl groups is 1. The van der Waals surface area contributed by atoms with E-state index in [9.17, 15) is 9.90 Å². The Bertz CT molecular complexity index is 444. The van der Waals surface area contributed by atoms with Crippen LogP contribution in [0.5, 0.6) is 0 Å². The number of rotatable bonds is 5. The van der Waals surface area contributed by atoms with Crippen molar-refractivity contribution < 1.29 is 9.90 Å². The molecule has 0 saturated heterocycles. The van der Waals surface area contributed by atoms with Crippen LogP contribution in [0.1, 0.15) is 23.2 Å². The zero-order chi connectivity index (χ0) is 13.1. The van der Waals surface area contributed by atoms with Gasteiger partial charge >= 0.3 is 0 Å². The first-order valence-electron chi connectivity index (χ1n) is 6.15. The van der Waals surface area contributed by atoms with E-state index in [0.717, 1.165) is 12.8 Å². The van der Waals surface area contributed by atoms with Gasteiger partial charge in [-0.1, -0.05) is 0 Å². The lowest BCUT2D eigenvalue weighted by Crippen LogP contribution is -2.24. The van der Waals surface area contributed by atoms with Crippen molar-refractivity contribution in [3.63, 3.8) is 0 Å². The second kappa shape index (κ2) is 5.27. The van der Waals surface area contributed by atoms with Crippen LogP contribution in [0.2, 0.25) is 0 Å². The van der Waals surface area contributed by atoms with E-state index in [1.807, 2.05) is 0 Å². The second-order valence-electron chi connectivity index (χ2n) is 4.67. The molecule has 5 heteroatoms. The molecular formula is C13H19N3O2. The average Bonchev–Trinajstić information content (AvgIpc) is 3.19. The minimum Gasteiger partial charge on any atom is -0.399 e. The monoisotopic (exact) mass is 249 g/mol. The zero-order valence-corrected chi connectivity index (χ0v) is 10.4. The van der Waals surface area contributed by atoms with Crippen molar-refractivity contribution in [2.45, 2.75) is 18.9 Å². The quantitative estimate of drug-likeness (QED) is 0.582. The first kappa shape index (κ1) is 12.7. The zero-order valence-electron chi connectivity index (χ0n) is 10.4. The summed E-state index contributed by atoms with van der Waals surface area (Å²) in [5, 5.41) is 15.5. The lowest BCUT2D eigenvalue weighted by molar-refractivity contribution is 0.0963. The molecule has 1 amide bonds. The Kier molecular flexibility index (Phi) is 3.72. The number of hydrogen-bond donors (Lipinski definition) is 4. The van der Waals surface area contributed by atoms with E-state index in [2.05, 4.69) is 10.6 Å². The number of carbonyl (C=O) groups is 1.